The van der Waals surface area contributed by atoms with Crippen LogP contribution in [0.2, 0.25) is 0 Å². The second-order valence-corrected chi connectivity index (χ2v) is 9.62. The second-order valence-electron chi connectivity index (χ2n) is 9.62. The van der Waals surface area contributed by atoms with Crippen molar-refractivity contribution in [2.75, 3.05) is 6.61 Å². The molecule has 3 heterocycles. The van der Waals surface area contributed by atoms with E-state index in [4.69, 9.17) is 4.74 Å². The molecule has 156 valence electrons. The van der Waals surface area contributed by atoms with Gasteiger partial charge in [0.05, 0.1) is 10.9 Å². The van der Waals surface area contributed by atoms with Crippen LogP contribution >= 0.6 is 0 Å². The van der Waals surface area contributed by atoms with Crippen LogP contribution in [0.25, 0.3) is 10.9 Å². The summed E-state index contributed by atoms with van der Waals surface area (Å²) in [4.78, 5) is 29.7. The van der Waals surface area contributed by atoms with Crippen molar-refractivity contribution in [1.29, 1.82) is 0 Å². The fraction of sp³-hybridized carbons (Fsp3) is 0.591. The molecule has 0 atom stereocenters. The van der Waals surface area contributed by atoms with E-state index in [1.54, 1.807) is 22.8 Å². The van der Waals surface area contributed by atoms with Crippen LogP contribution in [-0.2, 0) is 17.8 Å². The average Bonchev–Trinajstić information content (AvgIpc) is 3.06. The van der Waals surface area contributed by atoms with Gasteiger partial charge in [-0.2, -0.15) is 0 Å². The highest BCUT2D eigenvalue weighted by Gasteiger charge is 2.38. The predicted molar refractivity (Wildman–Crippen MR) is 112 cm³/mol. The van der Waals surface area contributed by atoms with Crippen molar-refractivity contribution < 1.29 is 9.53 Å². The molecule has 0 unspecified atom stereocenters. The van der Waals surface area contributed by atoms with Gasteiger partial charge >= 0.3 is 0 Å². The smallest absolute Gasteiger partial charge is 0.261 e. The van der Waals surface area contributed by atoms with Gasteiger partial charge < -0.3 is 15.4 Å². The van der Waals surface area contributed by atoms with Crippen molar-refractivity contribution >= 4 is 16.8 Å². The number of nitrogens with zero attached hydrogens (tertiary/aromatic N) is 2. The quantitative estimate of drug-likeness (QED) is 0.824. The minimum absolute atomic E-state index is 0.0310. The second kappa shape index (κ2) is 7.13. The molecule has 2 aliphatic rings. The maximum Gasteiger partial charge on any atom is 0.261 e. The van der Waals surface area contributed by atoms with Crippen LogP contribution in [0.3, 0.4) is 0 Å². The van der Waals surface area contributed by atoms with E-state index in [0.717, 1.165) is 31.5 Å². The van der Waals surface area contributed by atoms with Crippen LogP contribution in [-0.4, -0.2) is 39.2 Å². The monoisotopic (exact) mass is 398 g/mol. The number of carbonyl (C=O) groups is 1. The van der Waals surface area contributed by atoms with E-state index in [-0.39, 0.29) is 35.2 Å². The number of ether oxygens (including phenoxy) is 1. The Hall–Kier alpha value is -2.41. The van der Waals surface area contributed by atoms with E-state index in [1.807, 2.05) is 0 Å². The van der Waals surface area contributed by atoms with E-state index in [1.165, 1.54) is 0 Å². The third kappa shape index (κ3) is 4.29. The molecule has 4 rings (SSSR count). The molecule has 29 heavy (non-hydrogen) atoms. The third-order valence-corrected chi connectivity index (χ3v) is 5.71. The van der Waals surface area contributed by atoms with Gasteiger partial charge in [0.1, 0.15) is 11.6 Å². The number of rotatable bonds is 4. The maximum absolute atomic E-state index is 12.7. The van der Waals surface area contributed by atoms with Crippen LogP contribution in [0.5, 0.6) is 5.75 Å². The summed E-state index contributed by atoms with van der Waals surface area (Å²) in [5.41, 5.74) is 0.582. The number of aromatic nitrogens is 2. The van der Waals surface area contributed by atoms with Gasteiger partial charge in [-0.25, -0.2) is 4.98 Å². The van der Waals surface area contributed by atoms with Gasteiger partial charge in [-0.1, -0.05) is 0 Å². The summed E-state index contributed by atoms with van der Waals surface area (Å²) >= 11 is 0. The fourth-order valence-corrected chi connectivity index (χ4v) is 5.00. The number of nitrogens with one attached hydrogen (secondary N) is 2. The molecule has 2 N–H and O–H groups in total. The minimum atomic E-state index is -0.146. The van der Waals surface area contributed by atoms with Crippen molar-refractivity contribution in [1.82, 2.24) is 20.2 Å². The molecule has 0 bridgehead atoms. The summed E-state index contributed by atoms with van der Waals surface area (Å²) in [6.45, 7) is 9.26. The van der Waals surface area contributed by atoms with Gasteiger partial charge in [0, 0.05) is 30.1 Å². The summed E-state index contributed by atoms with van der Waals surface area (Å²) in [5, 5.41) is 7.25. The van der Waals surface area contributed by atoms with Gasteiger partial charge in [0.2, 0.25) is 0 Å². The first-order valence-corrected chi connectivity index (χ1v) is 10.4. The van der Waals surface area contributed by atoms with E-state index < -0.39 is 0 Å². The molecule has 7 heteroatoms. The molecule has 1 aromatic heterocycles. The molecule has 1 aromatic carbocycles. The van der Waals surface area contributed by atoms with E-state index in [9.17, 15) is 9.59 Å². The Morgan fingerprint density at radius 2 is 2.00 bits per heavy atom. The lowest BCUT2D eigenvalue weighted by molar-refractivity contribution is -0.124. The standard InChI is InChI=1S/C22H30N4O3/c1-21(2)11-14(12-22(3,4)25-21)23-19(27)13-29-15-7-8-17-16(10-15)20(28)26-9-5-6-18(26)24-17/h7-8,10,14,25H,5-6,9,11-13H2,1-4H3,(H,23,27). The van der Waals surface area contributed by atoms with Crippen molar-refractivity contribution in [2.45, 2.75) is 77.0 Å². The summed E-state index contributed by atoms with van der Waals surface area (Å²) in [6.07, 6.45) is 3.53. The lowest BCUT2D eigenvalue weighted by atomic mass is 9.79. The predicted octanol–water partition coefficient (Wildman–Crippen LogP) is 2.15. The number of hydrogen-bond acceptors (Lipinski definition) is 5. The molecule has 7 nitrogen and oxygen atoms in total. The lowest BCUT2D eigenvalue weighted by Gasteiger charge is -2.46. The molecule has 0 radical (unpaired) electrons. The first kappa shape index (κ1) is 19.9. The number of hydrogen-bond donors (Lipinski definition) is 2. The Morgan fingerprint density at radius 1 is 1.28 bits per heavy atom. The Kier molecular flexibility index (Phi) is 4.89. The van der Waals surface area contributed by atoms with Crippen LogP contribution in [0.1, 0.15) is 52.8 Å². The highest BCUT2D eigenvalue weighted by Crippen LogP contribution is 2.28. The van der Waals surface area contributed by atoms with E-state index in [0.29, 0.717) is 23.2 Å². The van der Waals surface area contributed by atoms with Crippen molar-refractivity contribution in [3.63, 3.8) is 0 Å². The zero-order valence-electron chi connectivity index (χ0n) is 17.7. The summed E-state index contributed by atoms with van der Waals surface area (Å²) in [6, 6.07) is 5.36. The molecule has 2 aromatic rings. The minimum Gasteiger partial charge on any atom is -0.484 e. The number of aryl methyl sites for hydroxylation is 1. The van der Waals surface area contributed by atoms with Gasteiger partial charge in [0.25, 0.3) is 11.5 Å². The Labute approximate surface area is 170 Å². The molecule has 0 saturated carbocycles. The van der Waals surface area contributed by atoms with Crippen molar-refractivity contribution in [2.24, 2.45) is 0 Å². The van der Waals surface area contributed by atoms with Crippen LogP contribution in [0.15, 0.2) is 23.0 Å². The highest BCUT2D eigenvalue weighted by atomic mass is 16.5. The molecular formula is C22H30N4O3. The first-order valence-electron chi connectivity index (χ1n) is 10.4. The Morgan fingerprint density at radius 3 is 2.72 bits per heavy atom. The normalized spacial score (nSPS) is 20.4. The summed E-state index contributed by atoms with van der Waals surface area (Å²) in [7, 11) is 0. The van der Waals surface area contributed by atoms with Gasteiger partial charge in [-0.05, 0) is 65.2 Å². The Balaban J connectivity index is 1.42. The number of carbonyl (C=O) groups excluding carboxylic acids is 1. The van der Waals surface area contributed by atoms with Gasteiger partial charge in [-0.15, -0.1) is 0 Å². The molecule has 1 saturated heterocycles. The molecule has 0 spiro atoms. The number of amides is 1. The average molecular weight is 399 g/mol. The Bertz CT molecular complexity index is 993. The fourth-order valence-electron chi connectivity index (χ4n) is 5.00. The van der Waals surface area contributed by atoms with Gasteiger partial charge in [-0.3, -0.25) is 14.2 Å². The molecular weight excluding hydrogens is 368 g/mol. The largest absolute Gasteiger partial charge is 0.484 e. The number of fused-ring (bicyclic) bond motifs is 2. The topological polar surface area (TPSA) is 85.2 Å². The van der Waals surface area contributed by atoms with E-state index in [2.05, 4.69) is 43.3 Å². The maximum atomic E-state index is 12.7. The SMILES string of the molecule is CC1(C)CC(NC(=O)COc2ccc3nc4n(c(=O)c3c2)CCC4)CC(C)(C)N1. The zero-order valence-corrected chi connectivity index (χ0v) is 17.7. The van der Waals surface area contributed by atoms with Crippen molar-refractivity contribution in [3.8, 4) is 5.75 Å². The van der Waals surface area contributed by atoms with Crippen molar-refractivity contribution in [3.05, 3.63) is 34.4 Å². The molecule has 1 amide bonds. The molecule has 1 fully saturated rings. The van der Waals surface area contributed by atoms with Crippen LogP contribution < -0.4 is 20.9 Å². The first-order chi connectivity index (χ1) is 13.6. The van der Waals surface area contributed by atoms with E-state index >= 15 is 0 Å². The third-order valence-electron chi connectivity index (χ3n) is 5.71. The van der Waals surface area contributed by atoms with Crippen LogP contribution in [0.4, 0.5) is 0 Å². The molecule has 2 aliphatic heterocycles. The number of piperidine rings is 1. The highest BCUT2D eigenvalue weighted by molar-refractivity contribution is 5.80. The summed E-state index contributed by atoms with van der Waals surface area (Å²) < 4.78 is 7.43. The zero-order chi connectivity index (χ0) is 20.8. The lowest BCUT2D eigenvalue weighted by Crippen LogP contribution is -2.62. The summed E-state index contributed by atoms with van der Waals surface area (Å²) in [5.74, 6) is 1.21. The number of benzene rings is 1. The van der Waals surface area contributed by atoms with Gasteiger partial charge in [0.15, 0.2) is 6.61 Å². The molecule has 0 aliphatic carbocycles. The van der Waals surface area contributed by atoms with Crippen LogP contribution in [0, 0.1) is 0 Å².